The lowest BCUT2D eigenvalue weighted by atomic mass is 9.77. The van der Waals surface area contributed by atoms with Gasteiger partial charge in [-0.25, -0.2) is 14.4 Å². The van der Waals surface area contributed by atoms with E-state index in [1.54, 1.807) is 18.2 Å². The molecule has 4 rings (SSSR count). The van der Waals surface area contributed by atoms with Crippen LogP contribution in [0.25, 0.3) is 0 Å². The second-order valence-corrected chi connectivity index (χ2v) is 9.93. The number of alkyl halides is 2. The Kier molecular flexibility index (Phi) is 8.90. The van der Waals surface area contributed by atoms with Crippen molar-refractivity contribution in [3.8, 4) is 17.6 Å². The zero-order valence-electron chi connectivity index (χ0n) is 20.9. The summed E-state index contributed by atoms with van der Waals surface area (Å²) in [6.07, 6.45) is 0.232. The minimum atomic E-state index is -1.30. The number of aliphatic hydroxyl groups excluding tert-OH is 1. The fourth-order valence-corrected chi connectivity index (χ4v) is 4.48. The number of aliphatic hydroxyl groups is 1. The van der Waals surface area contributed by atoms with E-state index in [9.17, 15) is 14.8 Å². The maximum atomic E-state index is 13.3. The van der Waals surface area contributed by atoms with E-state index in [0.29, 0.717) is 27.8 Å². The standard InChI is InChI=1S/C27H27Cl2FN4O4/c1-27(2,19-11-17(14-31)24(23(29)12-19)36-10-8-28)18-3-5-22(6-4-18)37-15-20-7-9-32-25(33-20)34-21(13-30)16-38-26(34)35/h3-7,9,11-12,21,26,35H,8,10,13,15-16H2,1-2H3/t21-,26+/m1/s1. The van der Waals surface area contributed by atoms with Crippen LogP contribution in [0.1, 0.15) is 36.2 Å². The van der Waals surface area contributed by atoms with Crippen LogP contribution in [0.15, 0.2) is 48.7 Å². The first-order valence-electron chi connectivity index (χ1n) is 11.9. The summed E-state index contributed by atoms with van der Waals surface area (Å²) in [4.78, 5) is 9.84. The summed E-state index contributed by atoms with van der Waals surface area (Å²) in [6, 6.07) is 14.4. The third-order valence-corrected chi connectivity index (χ3v) is 6.79. The largest absolute Gasteiger partial charge is 0.489 e. The van der Waals surface area contributed by atoms with Gasteiger partial charge in [0.25, 0.3) is 0 Å². The number of nitriles is 1. The highest BCUT2D eigenvalue weighted by molar-refractivity contribution is 6.32. The molecular formula is C27H27Cl2FN4O4. The molecule has 2 aromatic carbocycles. The summed E-state index contributed by atoms with van der Waals surface area (Å²) >= 11 is 12.2. The van der Waals surface area contributed by atoms with E-state index in [-0.39, 0.29) is 31.6 Å². The maximum absolute atomic E-state index is 13.3. The van der Waals surface area contributed by atoms with Crippen LogP contribution in [-0.4, -0.2) is 53.3 Å². The quantitative estimate of drug-likeness (QED) is 0.346. The molecule has 3 aromatic rings. The van der Waals surface area contributed by atoms with Crippen LogP contribution in [0.4, 0.5) is 10.3 Å². The van der Waals surface area contributed by atoms with Gasteiger partial charge in [0.2, 0.25) is 12.4 Å². The number of rotatable bonds is 10. The van der Waals surface area contributed by atoms with E-state index in [1.807, 2.05) is 38.1 Å². The van der Waals surface area contributed by atoms with Gasteiger partial charge < -0.3 is 19.3 Å². The van der Waals surface area contributed by atoms with Crippen molar-refractivity contribution in [3.63, 3.8) is 0 Å². The smallest absolute Gasteiger partial charge is 0.240 e. The molecule has 1 aromatic heterocycles. The van der Waals surface area contributed by atoms with Crippen LogP contribution < -0.4 is 14.4 Å². The first kappa shape index (κ1) is 27.9. The Bertz CT molecular complexity index is 1300. The normalized spacial score (nSPS) is 17.3. The molecule has 2 atom stereocenters. The fourth-order valence-electron chi connectivity index (χ4n) is 4.12. The zero-order chi connectivity index (χ0) is 27.3. The van der Waals surface area contributed by atoms with Crippen molar-refractivity contribution in [1.29, 1.82) is 5.26 Å². The maximum Gasteiger partial charge on any atom is 0.240 e. The number of aromatic nitrogens is 2. The molecule has 0 amide bonds. The van der Waals surface area contributed by atoms with E-state index < -0.39 is 24.5 Å². The van der Waals surface area contributed by atoms with E-state index in [1.165, 1.54) is 11.1 Å². The molecule has 200 valence electrons. The van der Waals surface area contributed by atoms with Crippen molar-refractivity contribution in [3.05, 3.63) is 76.1 Å². The number of hydrogen-bond donors (Lipinski definition) is 1. The van der Waals surface area contributed by atoms with Gasteiger partial charge in [-0.3, -0.25) is 4.90 Å². The van der Waals surface area contributed by atoms with Crippen LogP contribution in [0, 0.1) is 11.3 Å². The molecule has 0 spiro atoms. The Morgan fingerprint density at radius 3 is 2.66 bits per heavy atom. The second kappa shape index (κ2) is 12.1. The molecule has 1 saturated heterocycles. The topological polar surface area (TPSA) is 101 Å². The highest BCUT2D eigenvalue weighted by Crippen LogP contribution is 2.38. The molecule has 0 saturated carbocycles. The molecular weight excluding hydrogens is 534 g/mol. The van der Waals surface area contributed by atoms with Crippen LogP contribution >= 0.6 is 23.2 Å². The Morgan fingerprint density at radius 2 is 1.97 bits per heavy atom. The van der Waals surface area contributed by atoms with Crippen molar-refractivity contribution in [2.45, 2.75) is 38.3 Å². The van der Waals surface area contributed by atoms with Gasteiger partial charge in [-0.05, 0) is 41.5 Å². The molecule has 0 bridgehead atoms. The molecule has 1 fully saturated rings. The zero-order valence-corrected chi connectivity index (χ0v) is 22.4. The number of hydrogen-bond acceptors (Lipinski definition) is 8. The predicted octanol–water partition coefficient (Wildman–Crippen LogP) is 4.97. The molecule has 0 unspecified atom stereocenters. The van der Waals surface area contributed by atoms with Crippen molar-refractivity contribution >= 4 is 29.2 Å². The summed E-state index contributed by atoms with van der Waals surface area (Å²) in [7, 11) is 0. The summed E-state index contributed by atoms with van der Waals surface area (Å²) in [5, 5.41) is 20.0. The van der Waals surface area contributed by atoms with E-state index >= 15 is 0 Å². The van der Waals surface area contributed by atoms with Crippen LogP contribution in [0.5, 0.6) is 11.5 Å². The lowest BCUT2D eigenvalue weighted by Gasteiger charge is -2.27. The number of ether oxygens (including phenoxy) is 3. The van der Waals surface area contributed by atoms with Crippen molar-refractivity contribution in [2.24, 2.45) is 0 Å². The van der Waals surface area contributed by atoms with Crippen LogP contribution in [0.3, 0.4) is 0 Å². The molecule has 11 heteroatoms. The van der Waals surface area contributed by atoms with Crippen molar-refractivity contribution in [1.82, 2.24) is 9.97 Å². The Labute approximate surface area is 230 Å². The summed E-state index contributed by atoms with van der Waals surface area (Å²) in [5.41, 5.74) is 2.29. The SMILES string of the molecule is CC(C)(c1ccc(OCc2ccnc(N3[C@H](CF)CO[C@@H]3O)n2)cc1)c1cc(Cl)c(OCCCl)c(C#N)c1. The number of anilines is 1. The van der Waals surface area contributed by atoms with Crippen molar-refractivity contribution < 1.29 is 23.7 Å². The molecule has 1 aliphatic heterocycles. The van der Waals surface area contributed by atoms with Gasteiger partial charge in [-0.1, -0.05) is 37.6 Å². The van der Waals surface area contributed by atoms with Gasteiger partial charge in [-0.15, -0.1) is 11.6 Å². The average molecular weight is 561 g/mol. The minimum absolute atomic E-state index is 0.0560. The molecule has 2 heterocycles. The Balaban J connectivity index is 1.47. The highest BCUT2D eigenvalue weighted by Gasteiger charge is 2.35. The van der Waals surface area contributed by atoms with Crippen LogP contribution in [-0.2, 0) is 16.8 Å². The highest BCUT2D eigenvalue weighted by atomic mass is 35.5. The third-order valence-electron chi connectivity index (χ3n) is 6.35. The van der Waals surface area contributed by atoms with Crippen LogP contribution in [0.2, 0.25) is 5.02 Å². The third kappa shape index (κ3) is 5.94. The average Bonchev–Trinajstić information content (AvgIpc) is 3.31. The monoisotopic (exact) mass is 560 g/mol. The number of benzene rings is 2. The van der Waals surface area contributed by atoms with Crippen molar-refractivity contribution in [2.75, 3.05) is 30.7 Å². The lowest BCUT2D eigenvalue weighted by molar-refractivity contribution is -0.0581. The van der Waals surface area contributed by atoms with Gasteiger partial charge in [0, 0.05) is 11.6 Å². The van der Waals surface area contributed by atoms with Gasteiger partial charge >= 0.3 is 0 Å². The molecule has 8 nitrogen and oxygen atoms in total. The van der Waals surface area contributed by atoms with Gasteiger partial charge in [0.1, 0.15) is 31.7 Å². The summed E-state index contributed by atoms with van der Waals surface area (Å²) in [6.45, 7) is 3.84. The Morgan fingerprint density at radius 1 is 1.21 bits per heavy atom. The van der Waals surface area contributed by atoms with Gasteiger partial charge in [0.05, 0.1) is 34.8 Å². The molecule has 38 heavy (non-hydrogen) atoms. The minimum Gasteiger partial charge on any atom is -0.489 e. The molecule has 0 aliphatic carbocycles. The number of halogens is 3. The predicted molar refractivity (Wildman–Crippen MR) is 142 cm³/mol. The lowest BCUT2D eigenvalue weighted by Crippen LogP contribution is -2.39. The molecule has 0 radical (unpaired) electrons. The van der Waals surface area contributed by atoms with E-state index in [4.69, 9.17) is 37.4 Å². The van der Waals surface area contributed by atoms with Gasteiger partial charge in [0.15, 0.2) is 5.75 Å². The molecule has 1 N–H and O–H groups in total. The molecule has 1 aliphatic rings. The summed E-state index contributed by atoms with van der Waals surface area (Å²) < 4.78 is 29.8. The van der Waals surface area contributed by atoms with E-state index in [2.05, 4.69) is 16.0 Å². The van der Waals surface area contributed by atoms with Gasteiger partial charge in [-0.2, -0.15) is 5.26 Å². The second-order valence-electron chi connectivity index (χ2n) is 9.15. The first-order chi connectivity index (χ1) is 18.3. The summed E-state index contributed by atoms with van der Waals surface area (Å²) in [5.74, 6) is 1.41. The van der Waals surface area contributed by atoms with E-state index in [0.717, 1.165) is 11.1 Å². The fraction of sp³-hybridized carbons (Fsp3) is 0.370. The number of nitrogens with zero attached hydrogens (tertiary/aromatic N) is 4. The Hall–Kier alpha value is -3.16. The first-order valence-corrected chi connectivity index (χ1v) is 12.8.